The molecule has 0 bridgehead atoms. The summed E-state index contributed by atoms with van der Waals surface area (Å²) >= 11 is 0. The summed E-state index contributed by atoms with van der Waals surface area (Å²) in [6, 6.07) is 9.78. The lowest BCUT2D eigenvalue weighted by molar-refractivity contribution is 0.481. The maximum atomic E-state index is 12.0. The molecule has 4 heteroatoms. The summed E-state index contributed by atoms with van der Waals surface area (Å²) < 4.78 is 3.62. The number of aromatic nitrogens is 2. The molecular weight excluding hydrogens is 214 g/mol. The molecule has 2 N–H and O–H groups in total. The van der Waals surface area contributed by atoms with Gasteiger partial charge in [-0.1, -0.05) is 30.3 Å². The molecule has 0 aliphatic heterocycles. The quantitative estimate of drug-likeness (QED) is 0.877. The van der Waals surface area contributed by atoms with Crippen molar-refractivity contribution < 1.29 is 0 Å². The van der Waals surface area contributed by atoms with Crippen molar-refractivity contribution >= 4 is 5.69 Å². The molecule has 4 nitrogen and oxygen atoms in total. The van der Waals surface area contributed by atoms with Gasteiger partial charge in [-0.3, -0.25) is 9.48 Å². The van der Waals surface area contributed by atoms with E-state index in [0.29, 0.717) is 12.2 Å². The molecule has 2 aromatic rings. The van der Waals surface area contributed by atoms with Crippen LogP contribution in [-0.4, -0.2) is 9.36 Å². The smallest absolute Gasteiger partial charge is 0.290 e. The highest BCUT2D eigenvalue weighted by molar-refractivity contribution is 5.72. The van der Waals surface area contributed by atoms with E-state index in [9.17, 15) is 4.79 Å². The van der Waals surface area contributed by atoms with Gasteiger partial charge in [-0.15, -0.1) is 0 Å². The van der Waals surface area contributed by atoms with Crippen LogP contribution >= 0.6 is 0 Å². The summed E-state index contributed by atoms with van der Waals surface area (Å²) in [6.07, 6.45) is 0. The van der Waals surface area contributed by atoms with Gasteiger partial charge in [0.2, 0.25) is 0 Å². The number of nitrogen functional groups attached to an aromatic ring is 1. The number of hydrogen-bond donors (Lipinski definition) is 1. The van der Waals surface area contributed by atoms with E-state index in [-0.39, 0.29) is 5.56 Å². The fraction of sp³-hybridized carbons (Fsp3) is 0.308. The van der Waals surface area contributed by atoms with Crippen molar-refractivity contribution in [3.8, 4) is 11.3 Å². The maximum absolute atomic E-state index is 12.0. The summed E-state index contributed by atoms with van der Waals surface area (Å²) in [7, 11) is 0. The molecule has 0 atom stereocenters. The van der Waals surface area contributed by atoms with Crippen LogP contribution < -0.4 is 11.3 Å². The molecule has 1 heterocycles. The van der Waals surface area contributed by atoms with Crippen LogP contribution in [0, 0.1) is 0 Å². The highest BCUT2D eigenvalue weighted by Gasteiger charge is 2.16. The Balaban J connectivity index is 2.74. The van der Waals surface area contributed by atoms with E-state index in [1.165, 1.54) is 0 Å². The van der Waals surface area contributed by atoms with Gasteiger partial charge in [0.05, 0.1) is 5.69 Å². The van der Waals surface area contributed by atoms with Gasteiger partial charge < -0.3 is 5.73 Å². The number of hydrogen-bond acceptors (Lipinski definition) is 2. The highest BCUT2D eigenvalue weighted by atomic mass is 16.1. The topological polar surface area (TPSA) is 52.9 Å². The Morgan fingerprint density at radius 3 is 2.18 bits per heavy atom. The van der Waals surface area contributed by atoms with Crippen molar-refractivity contribution in [2.24, 2.45) is 0 Å². The summed E-state index contributed by atoms with van der Waals surface area (Å²) in [5.74, 6) is 0. The largest absolute Gasteiger partial charge is 0.392 e. The summed E-state index contributed by atoms with van der Waals surface area (Å²) in [4.78, 5) is 12.0. The first kappa shape index (κ1) is 11.5. The molecule has 2 rings (SSSR count). The van der Waals surface area contributed by atoms with Gasteiger partial charge >= 0.3 is 0 Å². The zero-order chi connectivity index (χ0) is 12.4. The fourth-order valence-electron chi connectivity index (χ4n) is 2.15. The van der Waals surface area contributed by atoms with Gasteiger partial charge in [-0.25, -0.2) is 4.68 Å². The van der Waals surface area contributed by atoms with Crippen LogP contribution in [0.4, 0.5) is 5.69 Å². The van der Waals surface area contributed by atoms with Crippen molar-refractivity contribution in [2.75, 3.05) is 5.73 Å². The second-order valence-electron chi connectivity index (χ2n) is 3.86. The molecule has 90 valence electrons. The van der Waals surface area contributed by atoms with E-state index < -0.39 is 0 Å². The van der Waals surface area contributed by atoms with Gasteiger partial charge in [0.1, 0.15) is 5.69 Å². The number of nitrogens with two attached hydrogens (primary N) is 1. The van der Waals surface area contributed by atoms with Crippen LogP contribution in [0.15, 0.2) is 35.1 Å². The summed E-state index contributed by atoms with van der Waals surface area (Å²) in [5.41, 5.74) is 7.96. The Morgan fingerprint density at radius 1 is 1.06 bits per heavy atom. The van der Waals surface area contributed by atoms with Gasteiger partial charge in [-0.05, 0) is 13.8 Å². The van der Waals surface area contributed by atoms with Crippen molar-refractivity contribution in [3.63, 3.8) is 0 Å². The first-order chi connectivity index (χ1) is 8.20. The van der Waals surface area contributed by atoms with Gasteiger partial charge in [0.15, 0.2) is 0 Å². The van der Waals surface area contributed by atoms with Crippen LogP contribution in [0.3, 0.4) is 0 Å². The van der Waals surface area contributed by atoms with E-state index in [2.05, 4.69) is 0 Å². The highest BCUT2D eigenvalue weighted by Crippen LogP contribution is 2.23. The summed E-state index contributed by atoms with van der Waals surface area (Å²) in [6.45, 7) is 5.31. The SMILES string of the molecule is CCn1c(-c2ccccc2)c(N)c(=O)n1CC. The predicted molar refractivity (Wildman–Crippen MR) is 69.9 cm³/mol. The average Bonchev–Trinajstić information content (AvgIpc) is 2.62. The van der Waals surface area contributed by atoms with E-state index in [4.69, 9.17) is 5.73 Å². The van der Waals surface area contributed by atoms with Crippen LogP contribution in [0.5, 0.6) is 0 Å². The number of rotatable bonds is 3. The van der Waals surface area contributed by atoms with Gasteiger partial charge in [-0.2, -0.15) is 0 Å². The molecule has 17 heavy (non-hydrogen) atoms. The first-order valence-corrected chi connectivity index (χ1v) is 5.85. The lowest BCUT2D eigenvalue weighted by atomic mass is 10.1. The van der Waals surface area contributed by atoms with Crippen molar-refractivity contribution in [2.45, 2.75) is 26.9 Å². The third-order valence-corrected chi connectivity index (χ3v) is 2.92. The lowest BCUT2D eigenvalue weighted by Gasteiger charge is -2.11. The second-order valence-corrected chi connectivity index (χ2v) is 3.86. The van der Waals surface area contributed by atoms with Gasteiger partial charge in [0, 0.05) is 18.7 Å². The van der Waals surface area contributed by atoms with Crippen LogP contribution in [0.25, 0.3) is 11.3 Å². The Bertz CT molecular complexity index is 566. The van der Waals surface area contributed by atoms with Crippen molar-refractivity contribution in [3.05, 3.63) is 40.7 Å². The molecule has 1 aromatic heterocycles. The lowest BCUT2D eigenvalue weighted by Crippen LogP contribution is -2.22. The Labute approximate surface area is 100 Å². The normalized spacial score (nSPS) is 10.7. The average molecular weight is 231 g/mol. The molecule has 0 fully saturated rings. The van der Waals surface area contributed by atoms with E-state index in [0.717, 1.165) is 17.8 Å². The zero-order valence-corrected chi connectivity index (χ0v) is 10.2. The Morgan fingerprint density at radius 2 is 1.65 bits per heavy atom. The third-order valence-electron chi connectivity index (χ3n) is 2.92. The molecule has 0 unspecified atom stereocenters. The minimum absolute atomic E-state index is 0.104. The monoisotopic (exact) mass is 231 g/mol. The molecule has 0 aliphatic rings. The van der Waals surface area contributed by atoms with E-state index in [1.807, 2.05) is 48.9 Å². The number of nitrogens with zero attached hydrogens (tertiary/aromatic N) is 2. The molecule has 0 saturated carbocycles. The van der Waals surface area contributed by atoms with Crippen LogP contribution in [0.2, 0.25) is 0 Å². The molecule has 0 radical (unpaired) electrons. The molecule has 1 aromatic carbocycles. The van der Waals surface area contributed by atoms with Crippen LogP contribution in [-0.2, 0) is 13.1 Å². The maximum Gasteiger partial charge on any atom is 0.290 e. The molecule has 0 spiro atoms. The molecular formula is C13H17N3O. The summed E-state index contributed by atoms with van der Waals surface area (Å²) in [5, 5.41) is 0. The molecule has 0 aliphatic carbocycles. The molecule has 0 saturated heterocycles. The number of anilines is 1. The minimum Gasteiger partial charge on any atom is -0.392 e. The standard InChI is InChI=1S/C13H17N3O/c1-3-15-12(10-8-6-5-7-9-10)11(14)13(17)16(15)4-2/h5-9H,3-4,14H2,1-2H3. The second kappa shape index (κ2) is 4.49. The van der Waals surface area contributed by atoms with E-state index >= 15 is 0 Å². The van der Waals surface area contributed by atoms with Gasteiger partial charge in [0.25, 0.3) is 5.56 Å². The van der Waals surface area contributed by atoms with Crippen molar-refractivity contribution in [1.82, 2.24) is 9.36 Å². The first-order valence-electron chi connectivity index (χ1n) is 5.85. The zero-order valence-electron chi connectivity index (χ0n) is 10.2. The molecule has 0 amide bonds. The predicted octanol–water partition coefficient (Wildman–Crippen LogP) is 1.94. The van der Waals surface area contributed by atoms with Crippen molar-refractivity contribution in [1.29, 1.82) is 0 Å². The third kappa shape index (κ3) is 1.75. The Kier molecular flexibility index (Phi) is 3.04. The number of benzene rings is 1. The Hall–Kier alpha value is -1.97. The minimum atomic E-state index is -0.104. The van der Waals surface area contributed by atoms with E-state index in [1.54, 1.807) is 4.68 Å². The fourth-order valence-corrected chi connectivity index (χ4v) is 2.15. The van der Waals surface area contributed by atoms with Crippen LogP contribution in [0.1, 0.15) is 13.8 Å².